The van der Waals surface area contributed by atoms with Gasteiger partial charge in [0.05, 0.1) is 17.7 Å². The highest BCUT2D eigenvalue weighted by Crippen LogP contribution is 2.31. The zero-order valence-corrected chi connectivity index (χ0v) is 15.7. The summed E-state index contributed by atoms with van der Waals surface area (Å²) in [6.07, 6.45) is 0.629. The monoisotopic (exact) mass is 391 g/mol. The van der Waals surface area contributed by atoms with Crippen molar-refractivity contribution in [3.05, 3.63) is 71.4 Å². The molecule has 2 aromatic carbocycles. The number of nitriles is 1. The molecule has 0 saturated carbocycles. The second-order valence-electron chi connectivity index (χ2n) is 7.01. The highest BCUT2D eigenvalue weighted by molar-refractivity contribution is 5.94. The zero-order chi connectivity index (χ0) is 20.4. The second kappa shape index (κ2) is 7.81. The highest BCUT2D eigenvalue weighted by atomic mass is 19.1. The number of nitrogens with zero attached hydrogens (tertiary/aromatic N) is 4. The number of carbonyl (C=O) groups excluding carboxylic acids is 1. The lowest BCUT2D eigenvalue weighted by Crippen LogP contribution is -2.36. The molecule has 29 heavy (non-hydrogen) atoms. The summed E-state index contributed by atoms with van der Waals surface area (Å²) in [6, 6.07) is 14.2. The van der Waals surface area contributed by atoms with Crippen LogP contribution in [0.25, 0.3) is 11.4 Å². The number of hydrogen-bond acceptors (Lipinski definition) is 6. The molecule has 1 amide bonds. The Morgan fingerprint density at radius 1 is 1.24 bits per heavy atom. The minimum atomic E-state index is -0.325. The first-order chi connectivity index (χ1) is 14.0. The molecule has 2 atom stereocenters. The van der Waals surface area contributed by atoms with Crippen LogP contribution in [0.2, 0.25) is 0 Å². The van der Waals surface area contributed by atoms with Gasteiger partial charge in [0.2, 0.25) is 11.7 Å². The van der Waals surface area contributed by atoms with Crippen molar-refractivity contribution in [3.8, 4) is 17.5 Å². The van der Waals surface area contributed by atoms with Crippen LogP contribution in [0.3, 0.4) is 0 Å². The summed E-state index contributed by atoms with van der Waals surface area (Å²) in [7, 11) is 1.93. The Bertz CT molecular complexity index is 1060. The fourth-order valence-corrected chi connectivity index (χ4v) is 3.44. The van der Waals surface area contributed by atoms with E-state index in [2.05, 4.69) is 15.5 Å². The van der Waals surface area contributed by atoms with Crippen molar-refractivity contribution in [1.82, 2.24) is 20.4 Å². The molecule has 3 aromatic rings. The maximum absolute atomic E-state index is 13.1. The van der Waals surface area contributed by atoms with Crippen molar-refractivity contribution >= 4 is 5.91 Å². The fourth-order valence-electron chi connectivity index (χ4n) is 3.44. The first kappa shape index (κ1) is 18.8. The summed E-state index contributed by atoms with van der Waals surface area (Å²) in [5.74, 6) is 0.348. The van der Waals surface area contributed by atoms with Crippen LogP contribution in [0.4, 0.5) is 4.39 Å². The van der Waals surface area contributed by atoms with Crippen LogP contribution < -0.4 is 5.32 Å². The normalized spacial score (nSPS) is 19.1. The molecule has 1 aliphatic heterocycles. The molecule has 7 nitrogen and oxygen atoms in total. The minimum Gasteiger partial charge on any atom is -0.348 e. The van der Waals surface area contributed by atoms with E-state index < -0.39 is 0 Å². The quantitative estimate of drug-likeness (QED) is 0.735. The summed E-state index contributed by atoms with van der Waals surface area (Å²) >= 11 is 0. The van der Waals surface area contributed by atoms with Gasteiger partial charge in [-0.3, -0.25) is 9.69 Å². The van der Waals surface area contributed by atoms with Gasteiger partial charge in [0.15, 0.2) is 0 Å². The van der Waals surface area contributed by atoms with E-state index in [1.807, 2.05) is 18.0 Å². The molecule has 0 bridgehead atoms. The molecule has 0 aliphatic carbocycles. The van der Waals surface area contributed by atoms with Crippen LogP contribution in [-0.2, 0) is 0 Å². The first-order valence-electron chi connectivity index (χ1n) is 9.14. The van der Waals surface area contributed by atoms with Crippen molar-refractivity contribution < 1.29 is 13.7 Å². The number of likely N-dealkylation sites (tertiary alicyclic amines) is 1. The molecule has 2 heterocycles. The third-order valence-electron chi connectivity index (χ3n) is 4.99. The van der Waals surface area contributed by atoms with Crippen LogP contribution in [0.1, 0.15) is 34.3 Å². The lowest BCUT2D eigenvalue weighted by atomic mass is 10.1. The topological polar surface area (TPSA) is 95.1 Å². The van der Waals surface area contributed by atoms with E-state index in [0.29, 0.717) is 41.4 Å². The van der Waals surface area contributed by atoms with Gasteiger partial charge < -0.3 is 9.84 Å². The van der Waals surface area contributed by atoms with E-state index in [1.165, 1.54) is 12.1 Å². The highest BCUT2D eigenvalue weighted by Gasteiger charge is 2.35. The van der Waals surface area contributed by atoms with Crippen molar-refractivity contribution in [3.63, 3.8) is 0 Å². The van der Waals surface area contributed by atoms with E-state index in [9.17, 15) is 9.18 Å². The Balaban J connectivity index is 1.42. The zero-order valence-electron chi connectivity index (χ0n) is 15.7. The number of rotatable bonds is 4. The molecule has 0 spiro atoms. The summed E-state index contributed by atoms with van der Waals surface area (Å²) in [5.41, 5.74) is 1.69. The number of hydrogen-bond donors (Lipinski definition) is 1. The Labute approximate surface area is 166 Å². The van der Waals surface area contributed by atoms with Crippen LogP contribution in [-0.4, -0.2) is 40.6 Å². The SMILES string of the molecule is CN1C[C@@H](NC(=O)c2ccc(C#N)cc2)C[C@H]1c1nc(-c2ccc(F)cc2)no1. The van der Waals surface area contributed by atoms with E-state index in [4.69, 9.17) is 9.78 Å². The first-order valence-corrected chi connectivity index (χ1v) is 9.14. The van der Waals surface area contributed by atoms with Gasteiger partial charge in [0.1, 0.15) is 5.82 Å². The number of aromatic nitrogens is 2. The van der Waals surface area contributed by atoms with Gasteiger partial charge in [0, 0.05) is 23.7 Å². The molecule has 1 aromatic heterocycles. The molecule has 1 fully saturated rings. The Morgan fingerprint density at radius 2 is 1.97 bits per heavy atom. The van der Waals surface area contributed by atoms with E-state index in [1.54, 1.807) is 36.4 Å². The number of likely N-dealkylation sites (N-methyl/N-ethyl adjacent to an activating group) is 1. The smallest absolute Gasteiger partial charge is 0.251 e. The summed E-state index contributed by atoms with van der Waals surface area (Å²) in [5, 5.41) is 15.9. The minimum absolute atomic E-state index is 0.0747. The average molecular weight is 391 g/mol. The van der Waals surface area contributed by atoms with Crippen molar-refractivity contribution in [2.75, 3.05) is 13.6 Å². The van der Waals surface area contributed by atoms with Crippen LogP contribution in [0.15, 0.2) is 53.1 Å². The van der Waals surface area contributed by atoms with Gasteiger partial charge in [-0.1, -0.05) is 5.16 Å². The number of nitrogens with one attached hydrogen (secondary N) is 1. The maximum Gasteiger partial charge on any atom is 0.251 e. The summed E-state index contributed by atoms with van der Waals surface area (Å²) in [4.78, 5) is 19.0. The molecule has 0 radical (unpaired) electrons. The third-order valence-corrected chi connectivity index (χ3v) is 4.99. The molecule has 1 N–H and O–H groups in total. The van der Waals surface area contributed by atoms with Crippen LogP contribution in [0.5, 0.6) is 0 Å². The van der Waals surface area contributed by atoms with E-state index >= 15 is 0 Å². The molecule has 1 aliphatic rings. The largest absolute Gasteiger partial charge is 0.348 e. The maximum atomic E-state index is 13.1. The van der Waals surface area contributed by atoms with Gasteiger partial charge in [-0.15, -0.1) is 0 Å². The van der Waals surface area contributed by atoms with Gasteiger partial charge in [-0.25, -0.2) is 4.39 Å². The molecular formula is C21H18FN5O2. The van der Waals surface area contributed by atoms with Gasteiger partial charge in [-0.2, -0.15) is 10.2 Å². The number of amides is 1. The Kier molecular flexibility index (Phi) is 5.06. The second-order valence-corrected chi connectivity index (χ2v) is 7.01. The van der Waals surface area contributed by atoms with Gasteiger partial charge in [0.25, 0.3) is 5.91 Å². The lowest BCUT2D eigenvalue weighted by molar-refractivity contribution is 0.0938. The summed E-state index contributed by atoms with van der Waals surface area (Å²) < 4.78 is 18.5. The van der Waals surface area contributed by atoms with Gasteiger partial charge >= 0.3 is 0 Å². The molecule has 8 heteroatoms. The number of carbonyl (C=O) groups is 1. The van der Waals surface area contributed by atoms with E-state index in [-0.39, 0.29) is 23.8 Å². The molecule has 146 valence electrons. The average Bonchev–Trinajstić information content (AvgIpc) is 3.35. The van der Waals surface area contributed by atoms with E-state index in [0.717, 1.165) is 0 Å². The standard InChI is InChI=1S/C21H18FN5O2/c1-27-12-17(24-20(28)15-4-2-13(11-23)3-5-15)10-18(27)21-25-19(26-29-21)14-6-8-16(22)9-7-14/h2-9,17-18H,10,12H2,1H3,(H,24,28)/t17-,18-/m0/s1. The van der Waals surface area contributed by atoms with Crippen molar-refractivity contribution in [2.45, 2.75) is 18.5 Å². The third kappa shape index (κ3) is 4.00. The predicted octanol–water partition coefficient (Wildman–Crippen LogP) is 2.92. The summed E-state index contributed by atoms with van der Waals surface area (Å²) in [6.45, 7) is 0.640. The molecular weight excluding hydrogens is 373 g/mol. The fraction of sp³-hybridized carbons (Fsp3) is 0.238. The molecule has 1 saturated heterocycles. The predicted molar refractivity (Wildman–Crippen MR) is 102 cm³/mol. The van der Waals surface area contributed by atoms with Crippen LogP contribution >= 0.6 is 0 Å². The molecule has 0 unspecified atom stereocenters. The van der Waals surface area contributed by atoms with Crippen LogP contribution in [0, 0.1) is 17.1 Å². The Morgan fingerprint density at radius 3 is 2.66 bits per heavy atom. The molecule has 4 rings (SSSR count). The Hall–Kier alpha value is -3.57. The number of halogens is 1. The van der Waals surface area contributed by atoms with Crippen molar-refractivity contribution in [1.29, 1.82) is 5.26 Å². The van der Waals surface area contributed by atoms with Gasteiger partial charge in [-0.05, 0) is 62.0 Å². The number of benzene rings is 2. The lowest BCUT2D eigenvalue weighted by Gasteiger charge is -2.14. The van der Waals surface area contributed by atoms with Crippen molar-refractivity contribution in [2.24, 2.45) is 0 Å².